The van der Waals surface area contributed by atoms with E-state index in [4.69, 9.17) is 4.74 Å². The molecule has 0 aliphatic carbocycles. The van der Waals surface area contributed by atoms with Gasteiger partial charge in [0.1, 0.15) is 5.75 Å². The topological polar surface area (TPSA) is 21.3 Å². The first kappa shape index (κ1) is 10.7. The summed E-state index contributed by atoms with van der Waals surface area (Å²) in [5.74, 6) is 0.877. The third-order valence-corrected chi connectivity index (χ3v) is 3.14. The fraction of sp³-hybridized carbons (Fsp3) is 0.333. The standard InChI is InChI=1S/C12H14BrNO/c1-15-12-3-2-9(7-11(12)13)6-10-4-5-14-8-10/h2-3,6-7,14H,4-5,8H2,1H3. The molecule has 1 fully saturated rings. The third kappa shape index (κ3) is 2.61. The highest BCUT2D eigenvalue weighted by atomic mass is 79.9. The van der Waals surface area contributed by atoms with Crippen molar-refractivity contribution in [1.29, 1.82) is 0 Å². The second-order valence-electron chi connectivity index (χ2n) is 3.62. The fourth-order valence-corrected chi connectivity index (χ4v) is 2.28. The molecule has 0 saturated carbocycles. The zero-order chi connectivity index (χ0) is 10.7. The Balaban J connectivity index is 2.22. The quantitative estimate of drug-likeness (QED) is 0.890. The molecule has 1 aromatic rings. The minimum absolute atomic E-state index is 0.877. The maximum absolute atomic E-state index is 5.19. The van der Waals surface area contributed by atoms with Crippen molar-refractivity contribution in [2.75, 3.05) is 20.2 Å². The fourth-order valence-electron chi connectivity index (χ4n) is 1.72. The van der Waals surface area contributed by atoms with Crippen LogP contribution in [0.25, 0.3) is 6.08 Å². The molecule has 1 aliphatic heterocycles. The maximum Gasteiger partial charge on any atom is 0.133 e. The van der Waals surface area contributed by atoms with Gasteiger partial charge in [-0.3, -0.25) is 0 Å². The van der Waals surface area contributed by atoms with E-state index in [0.29, 0.717) is 0 Å². The average molecular weight is 268 g/mol. The van der Waals surface area contributed by atoms with Crippen molar-refractivity contribution in [2.24, 2.45) is 0 Å². The average Bonchev–Trinajstić information content (AvgIpc) is 2.71. The monoisotopic (exact) mass is 267 g/mol. The normalized spacial score (nSPS) is 18.4. The summed E-state index contributed by atoms with van der Waals surface area (Å²) in [6.07, 6.45) is 3.40. The summed E-state index contributed by atoms with van der Waals surface area (Å²) >= 11 is 3.49. The van der Waals surface area contributed by atoms with Gasteiger partial charge in [0.05, 0.1) is 11.6 Å². The summed E-state index contributed by atoms with van der Waals surface area (Å²) in [6.45, 7) is 2.12. The molecule has 0 unspecified atom stereocenters. The number of ether oxygens (including phenoxy) is 1. The van der Waals surface area contributed by atoms with E-state index in [9.17, 15) is 0 Å². The highest BCUT2D eigenvalue weighted by Gasteiger charge is 2.06. The summed E-state index contributed by atoms with van der Waals surface area (Å²) in [6, 6.07) is 6.15. The van der Waals surface area contributed by atoms with Gasteiger partial charge in [0.25, 0.3) is 0 Å². The molecule has 3 heteroatoms. The van der Waals surface area contributed by atoms with Crippen LogP contribution >= 0.6 is 15.9 Å². The van der Waals surface area contributed by atoms with Gasteiger partial charge in [-0.2, -0.15) is 0 Å². The van der Waals surface area contributed by atoms with Gasteiger partial charge in [0.2, 0.25) is 0 Å². The predicted octanol–water partition coefficient (Wildman–Crippen LogP) is 2.83. The minimum Gasteiger partial charge on any atom is -0.496 e. The van der Waals surface area contributed by atoms with Crippen molar-refractivity contribution in [2.45, 2.75) is 6.42 Å². The lowest BCUT2D eigenvalue weighted by atomic mass is 10.1. The molecule has 2 nitrogen and oxygen atoms in total. The molecule has 2 rings (SSSR count). The van der Waals surface area contributed by atoms with E-state index in [-0.39, 0.29) is 0 Å². The number of benzene rings is 1. The second kappa shape index (κ2) is 4.81. The van der Waals surface area contributed by atoms with E-state index in [0.717, 1.165) is 29.7 Å². The molecule has 0 atom stereocenters. The van der Waals surface area contributed by atoms with E-state index in [2.05, 4.69) is 39.5 Å². The van der Waals surface area contributed by atoms with Crippen LogP contribution in [-0.4, -0.2) is 20.2 Å². The van der Waals surface area contributed by atoms with Gasteiger partial charge in [0, 0.05) is 6.54 Å². The van der Waals surface area contributed by atoms with Crippen LogP contribution in [0.5, 0.6) is 5.75 Å². The highest BCUT2D eigenvalue weighted by Crippen LogP contribution is 2.26. The highest BCUT2D eigenvalue weighted by molar-refractivity contribution is 9.10. The maximum atomic E-state index is 5.19. The molecular weight excluding hydrogens is 254 g/mol. The number of halogens is 1. The number of hydrogen-bond donors (Lipinski definition) is 1. The lowest BCUT2D eigenvalue weighted by molar-refractivity contribution is 0.412. The van der Waals surface area contributed by atoms with Crippen LogP contribution in [0.15, 0.2) is 28.2 Å². The molecule has 0 spiro atoms. The molecule has 0 radical (unpaired) electrons. The number of nitrogens with one attached hydrogen (secondary N) is 1. The Morgan fingerprint density at radius 1 is 1.47 bits per heavy atom. The van der Waals surface area contributed by atoms with Gasteiger partial charge in [-0.25, -0.2) is 0 Å². The van der Waals surface area contributed by atoms with Gasteiger partial charge in [-0.1, -0.05) is 17.7 Å². The lowest BCUT2D eigenvalue weighted by Crippen LogP contribution is -2.04. The van der Waals surface area contributed by atoms with Crippen molar-refractivity contribution in [1.82, 2.24) is 5.32 Å². The van der Waals surface area contributed by atoms with E-state index in [1.165, 1.54) is 11.1 Å². The zero-order valence-electron chi connectivity index (χ0n) is 8.72. The van der Waals surface area contributed by atoms with Crippen LogP contribution in [0.1, 0.15) is 12.0 Å². The van der Waals surface area contributed by atoms with Gasteiger partial charge in [0.15, 0.2) is 0 Å². The molecule has 1 aliphatic rings. The molecule has 0 amide bonds. The molecule has 0 bridgehead atoms. The molecule has 0 aromatic heterocycles. The van der Waals surface area contributed by atoms with Crippen LogP contribution in [0.4, 0.5) is 0 Å². The largest absolute Gasteiger partial charge is 0.496 e. The van der Waals surface area contributed by atoms with Crippen molar-refractivity contribution < 1.29 is 4.74 Å². The molecule has 15 heavy (non-hydrogen) atoms. The van der Waals surface area contributed by atoms with Crippen molar-refractivity contribution in [3.05, 3.63) is 33.8 Å². The molecule has 1 saturated heterocycles. The SMILES string of the molecule is COc1ccc(C=C2CCNC2)cc1Br. The Kier molecular flexibility index (Phi) is 3.44. The van der Waals surface area contributed by atoms with E-state index < -0.39 is 0 Å². The first-order valence-electron chi connectivity index (χ1n) is 5.03. The van der Waals surface area contributed by atoms with Crippen LogP contribution in [-0.2, 0) is 0 Å². The van der Waals surface area contributed by atoms with E-state index in [1.807, 2.05) is 6.07 Å². The molecule has 80 valence electrons. The summed E-state index contributed by atoms with van der Waals surface area (Å²) < 4.78 is 6.19. The minimum atomic E-state index is 0.877. The lowest BCUT2D eigenvalue weighted by Gasteiger charge is -2.04. The number of rotatable bonds is 2. The van der Waals surface area contributed by atoms with E-state index >= 15 is 0 Å². The summed E-state index contributed by atoms with van der Waals surface area (Å²) in [5.41, 5.74) is 2.69. The van der Waals surface area contributed by atoms with Crippen LogP contribution in [0, 0.1) is 0 Å². The molecule has 1 heterocycles. The first-order chi connectivity index (χ1) is 7.29. The van der Waals surface area contributed by atoms with E-state index in [1.54, 1.807) is 7.11 Å². The van der Waals surface area contributed by atoms with Crippen molar-refractivity contribution >= 4 is 22.0 Å². The van der Waals surface area contributed by atoms with Crippen molar-refractivity contribution in [3.63, 3.8) is 0 Å². The zero-order valence-corrected chi connectivity index (χ0v) is 10.3. The summed E-state index contributed by atoms with van der Waals surface area (Å²) in [4.78, 5) is 0. The van der Waals surface area contributed by atoms with Crippen LogP contribution in [0.2, 0.25) is 0 Å². The third-order valence-electron chi connectivity index (χ3n) is 2.52. The smallest absolute Gasteiger partial charge is 0.133 e. The first-order valence-corrected chi connectivity index (χ1v) is 5.82. The molecule has 1 N–H and O–H groups in total. The van der Waals surface area contributed by atoms with Gasteiger partial charge < -0.3 is 10.1 Å². The Morgan fingerprint density at radius 2 is 2.33 bits per heavy atom. The van der Waals surface area contributed by atoms with Gasteiger partial charge in [-0.15, -0.1) is 0 Å². The predicted molar refractivity (Wildman–Crippen MR) is 66.2 cm³/mol. The summed E-state index contributed by atoms with van der Waals surface area (Å²) in [5, 5.41) is 3.33. The Morgan fingerprint density at radius 3 is 2.93 bits per heavy atom. The van der Waals surface area contributed by atoms with Gasteiger partial charge >= 0.3 is 0 Å². The second-order valence-corrected chi connectivity index (χ2v) is 4.48. The number of methoxy groups -OCH3 is 1. The summed E-state index contributed by atoms with van der Waals surface area (Å²) in [7, 11) is 1.68. The Labute approximate surface area is 98.5 Å². The molecule has 1 aromatic carbocycles. The van der Waals surface area contributed by atoms with Crippen LogP contribution in [0.3, 0.4) is 0 Å². The van der Waals surface area contributed by atoms with Gasteiger partial charge in [-0.05, 0) is 46.6 Å². The Bertz CT molecular complexity index is 379. The van der Waals surface area contributed by atoms with Crippen molar-refractivity contribution in [3.8, 4) is 5.75 Å². The Hall–Kier alpha value is -0.800. The van der Waals surface area contributed by atoms with Crippen LogP contribution < -0.4 is 10.1 Å². The molecular formula is C12H14BrNO. The number of hydrogen-bond acceptors (Lipinski definition) is 2.